The fourth-order valence-electron chi connectivity index (χ4n) is 2.69. The lowest BCUT2D eigenvalue weighted by molar-refractivity contribution is -0.0615. The Morgan fingerprint density at radius 3 is 2.29 bits per heavy atom. The Labute approximate surface area is 127 Å². The number of fused-ring (bicyclic) bond motifs is 2. The van der Waals surface area contributed by atoms with Gasteiger partial charge in [-0.2, -0.15) is 0 Å². The monoisotopic (exact) mass is 276 g/mol. The van der Waals surface area contributed by atoms with Gasteiger partial charge in [0.2, 0.25) is 0 Å². The molecule has 1 unspecified atom stereocenters. The molecule has 0 aromatic heterocycles. The second-order valence-corrected chi connectivity index (χ2v) is 6.42. The van der Waals surface area contributed by atoms with Crippen molar-refractivity contribution in [1.82, 2.24) is 0 Å². The molecular weight excluding hydrogens is 256 g/mol. The van der Waals surface area contributed by atoms with E-state index >= 15 is 0 Å². The maximum atomic E-state index is 6.33. The second kappa shape index (κ2) is 5.39. The SMILES string of the molecule is CC(C)(C)OC1Cc2ccccc2C#Cc2ccccc21. The molecule has 0 saturated carbocycles. The summed E-state index contributed by atoms with van der Waals surface area (Å²) in [5, 5.41) is 0. The van der Waals surface area contributed by atoms with Gasteiger partial charge < -0.3 is 4.74 Å². The largest absolute Gasteiger partial charge is 0.368 e. The van der Waals surface area contributed by atoms with Crippen molar-refractivity contribution in [1.29, 1.82) is 0 Å². The number of hydrogen-bond acceptors (Lipinski definition) is 1. The van der Waals surface area contributed by atoms with Crippen molar-refractivity contribution < 1.29 is 4.74 Å². The maximum absolute atomic E-state index is 6.33. The molecule has 1 aliphatic rings. The topological polar surface area (TPSA) is 9.23 Å². The molecule has 2 aromatic carbocycles. The van der Waals surface area contributed by atoms with Gasteiger partial charge in [-0.25, -0.2) is 0 Å². The number of rotatable bonds is 1. The standard InChI is InChI=1S/C20H20O/c1-20(2,3)21-19-14-17-10-5-4-8-15(17)12-13-16-9-6-7-11-18(16)19/h4-11,19H,14H2,1-3H3. The predicted molar refractivity (Wildman–Crippen MR) is 86.1 cm³/mol. The molecule has 1 heteroatoms. The van der Waals surface area contributed by atoms with Crippen LogP contribution in [0.5, 0.6) is 0 Å². The van der Waals surface area contributed by atoms with Crippen molar-refractivity contribution in [2.45, 2.75) is 38.9 Å². The molecule has 2 aromatic rings. The van der Waals surface area contributed by atoms with Crippen LogP contribution in [0.25, 0.3) is 0 Å². The van der Waals surface area contributed by atoms with Crippen LogP contribution in [0.1, 0.15) is 49.1 Å². The van der Waals surface area contributed by atoms with Crippen molar-refractivity contribution in [3.63, 3.8) is 0 Å². The molecule has 1 aliphatic carbocycles. The van der Waals surface area contributed by atoms with Gasteiger partial charge in [0.15, 0.2) is 0 Å². The van der Waals surface area contributed by atoms with Crippen molar-refractivity contribution in [3.05, 3.63) is 70.8 Å². The highest BCUT2D eigenvalue weighted by molar-refractivity contribution is 5.52. The maximum Gasteiger partial charge on any atom is 0.0884 e. The number of ether oxygens (including phenoxy) is 1. The number of hydrogen-bond donors (Lipinski definition) is 0. The summed E-state index contributed by atoms with van der Waals surface area (Å²) in [6.07, 6.45) is 0.899. The fourth-order valence-corrected chi connectivity index (χ4v) is 2.69. The lowest BCUT2D eigenvalue weighted by atomic mass is 9.92. The summed E-state index contributed by atoms with van der Waals surface area (Å²) in [7, 11) is 0. The van der Waals surface area contributed by atoms with Crippen LogP contribution in [0.2, 0.25) is 0 Å². The van der Waals surface area contributed by atoms with E-state index in [9.17, 15) is 0 Å². The minimum atomic E-state index is -0.181. The lowest BCUT2D eigenvalue weighted by Crippen LogP contribution is -2.25. The van der Waals surface area contributed by atoms with Crippen LogP contribution in [0.15, 0.2) is 48.5 Å². The first kappa shape index (κ1) is 13.9. The molecule has 0 heterocycles. The first-order valence-corrected chi connectivity index (χ1v) is 7.40. The van der Waals surface area contributed by atoms with Crippen molar-refractivity contribution in [2.75, 3.05) is 0 Å². The molecule has 0 fully saturated rings. The molecule has 21 heavy (non-hydrogen) atoms. The van der Waals surface area contributed by atoms with Gasteiger partial charge in [0.25, 0.3) is 0 Å². The quantitative estimate of drug-likeness (QED) is 0.697. The highest BCUT2D eigenvalue weighted by Crippen LogP contribution is 2.31. The third-order valence-electron chi connectivity index (χ3n) is 3.56. The minimum absolute atomic E-state index is 0.0388. The zero-order chi connectivity index (χ0) is 14.9. The fraction of sp³-hybridized carbons (Fsp3) is 0.300. The third-order valence-corrected chi connectivity index (χ3v) is 3.56. The first-order valence-electron chi connectivity index (χ1n) is 7.40. The van der Waals surface area contributed by atoms with E-state index in [2.05, 4.69) is 69.0 Å². The van der Waals surface area contributed by atoms with Gasteiger partial charge in [-0.05, 0) is 44.0 Å². The molecule has 0 bridgehead atoms. The van der Waals surface area contributed by atoms with Gasteiger partial charge in [-0.15, -0.1) is 0 Å². The van der Waals surface area contributed by atoms with Crippen LogP contribution in [-0.4, -0.2) is 5.60 Å². The van der Waals surface area contributed by atoms with Gasteiger partial charge in [0.1, 0.15) is 0 Å². The predicted octanol–water partition coefficient (Wildman–Crippen LogP) is 4.50. The summed E-state index contributed by atoms with van der Waals surface area (Å²) in [5.74, 6) is 6.61. The summed E-state index contributed by atoms with van der Waals surface area (Å²) in [4.78, 5) is 0. The zero-order valence-corrected chi connectivity index (χ0v) is 12.8. The van der Waals surface area contributed by atoms with Gasteiger partial charge in [-0.3, -0.25) is 0 Å². The third kappa shape index (κ3) is 3.17. The summed E-state index contributed by atoms with van der Waals surface area (Å²) in [6.45, 7) is 6.31. The Bertz CT molecular complexity index is 710. The Kier molecular flexibility index (Phi) is 3.57. The van der Waals surface area contributed by atoms with E-state index in [1.807, 2.05) is 12.1 Å². The Morgan fingerprint density at radius 1 is 0.905 bits per heavy atom. The van der Waals surface area contributed by atoms with E-state index < -0.39 is 0 Å². The smallest absolute Gasteiger partial charge is 0.0884 e. The highest BCUT2D eigenvalue weighted by atomic mass is 16.5. The van der Waals surface area contributed by atoms with Gasteiger partial charge >= 0.3 is 0 Å². The molecular formula is C20H20O. The van der Waals surface area contributed by atoms with Gasteiger partial charge in [0, 0.05) is 17.5 Å². The average Bonchev–Trinajstić information content (AvgIpc) is 2.43. The van der Waals surface area contributed by atoms with E-state index in [1.165, 1.54) is 11.1 Å². The van der Waals surface area contributed by atoms with Crippen LogP contribution in [0.4, 0.5) is 0 Å². The molecule has 0 radical (unpaired) electrons. The average molecular weight is 276 g/mol. The molecule has 106 valence electrons. The van der Waals surface area contributed by atoms with Gasteiger partial charge in [0.05, 0.1) is 11.7 Å². The molecule has 0 amide bonds. The van der Waals surface area contributed by atoms with E-state index in [1.54, 1.807) is 0 Å². The molecule has 0 aliphatic heterocycles. The van der Waals surface area contributed by atoms with Crippen LogP contribution in [0.3, 0.4) is 0 Å². The molecule has 0 N–H and O–H groups in total. The molecule has 3 rings (SSSR count). The Balaban J connectivity index is 2.12. The molecule has 0 saturated heterocycles. The van der Waals surface area contributed by atoms with Gasteiger partial charge in [-0.1, -0.05) is 48.2 Å². The van der Waals surface area contributed by atoms with E-state index in [0.29, 0.717) is 0 Å². The number of benzene rings is 2. The van der Waals surface area contributed by atoms with Crippen LogP contribution in [0, 0.1) is 11.8 Å². The summed E-state index contributed by atoms with van der Waals surface area (Å²) >= 11 is 0. The minimum Gasteiger partial charge on any atom is -0.368 e. The first-order chi connectivity index (χ1) is 10.0. The van der Waals surface area contributed by atoms with E-state index in [-0.39, 0.29) is 11.7 Å². The second-order valence-electron chi connectivity index (χ2n) is 6.42. The molecule has 1 atom stereocenters. The zero-order valence-electron chi connectivity index (χ0n) is 12.8. The van der Waals surface area contributed by atoms with E-state index in [0.717, 1.165) is 17.5 Å². The Hall–Kier alpha value is -2.04. The normalized spacial score (nSPS) is 16.8. The summed E-state index contributed by atoms with van der Waals surface area (Å²) in [6, 6.07) is 16.7. The summed E-state index contributed by atoms with van der Waals surface area (Å²) < 4.78 is 6.33. The highest BCUT2D eigenvalue weighted by Gasteiger charge is 2.24. The van der Waals surface area contributed by atoms with E-state index in [4.69, 9.17) is 4.74 Å². The van der Waals surface area contributed by atoms with Crippen LogP contribution >= 0.6 is 0 Å². The van der Waals surface area contributed by atoms with Crippen LogP contribution < -0.4 is 0 Å². The van der Waals surface area contributed by atoms with Crippen molar-refractivity contribution >= 4 is 0 Å². The van der Waals surface area contributed by atoms with Crippen LogP contribution in [-0.2, 0) is 11.2 Å². The molecule has 0 spiro atoms. The molecule has 1 nitrogen and oxygen atoms in total. The summed E-state index contributed by atoms with van der Waals surface area (Å²) in [5.41, 5.74) is 4.44. The van der Waals surface area contributed by atoms with Crippen molar-refractivity contribution in [2.24, 2.45) is 0 Å². The lowest BCUT2D eigenvalue weighted by Gasteiger charge is -2.29. The Morgan fingerprint density at radius 2 is 1.52 bits per heavy atom. The van der Waals surface area contributed by atoms with Crippen molar-refractivity contribution in [3.8, 4) is 11.8 Å².